The average molecular weight is 268 g/mol. The molecule has 1 N–H and O–H groups in total. The summed E-state index contributed by atoms with van der Waals surface area (Å²) in [6.07, 6.45) is 0. The highest BCUT2D eigenvalue weighted by molar-refractivity contribution is 6.31. The second-order valence-corrected chi connectivity index (χ2v) is 4.17. The average Bonchev–Trinajstić information content (AvgIpc) is 2.77. The maximum absolute atomic E-state index is 6.12. The van der Waals surface area contributed by atoms with Crippen molar-refractivity contribution in [3.8, 4) is 5.75 Å². The third kappa shape index (κ3) is 3.00. The Morgan fingerprint density at radius 2 is 2.22 bits per heavy atom. The number of rotatable bonds is 5. The normalized spacial score (nSPS) is 10.6. The number of hydrogen-bond donors (Lipinski definition) is 1. The van der Waals surface area contributed by atoms with Crippen LogP contribution in [0.4, 0.5) is 0 Å². The first kappa shape index (κ1) is 12.9. The van der Waals surface area contributed by atoms with Gasteiger partial charge in [0.2, 0.25) is 5.89 Å². The van der Waals surface area contributed by atoms with E-state index in [9.17, 15) is 0 Å². The molecule has 96 valence electrons. The lowest BCUT2D eigenvalue weighted by Gasteiger charge is -2.10. The largest absolute Gasteiger partial charge is 0.496 e. The molecule has 2 aromatic rings. The molecule has 0 aliphatic heterocycles. The van der Waals surface area contributed by atoms with Gasteiger partial charge < -0.3 is 14.6 Å². The van der Waals surface area contributed by atoms with Gasteiger partial charge in [0.05, 0.1) is 13.7 Å². The topological polar surface area (TPSA) is 60.2 Å². The molecule has 0 spiro atoms. The summed E-state index contributed by atoms with van der Waals surface area (Å²) in [4.78, 5) is 4.10. The van der Waals surface area contributed by atoms with Crippen molar-refractivity contribution in [2.45, 2.75) is 20.0 Å². The Bertz CT molecular complexity index is 528. The molecule has 0 unspecified atom stereocenters. The van der Waals surface area contributed by atoms with Crippen molar-refractivity contribution in [2.24, 2.45) is 0 Å². The van der Waals surface area contributed by atoms with Gasteiger partial charge in [-0.2, -0.15) is 4.98 Å². The molecule has 18 heavy (non-hydrogen) atoms. The van der Waals surface area contributed by atoms with Crippen LogP contribution in [0, 0.1) is 6.92 Å². The Balaban J connectivity index is 1.98. The molecule has 1 aromatic heterocycles. The molecule has 0 aliphatic carbocycles. The van der Waals surface area contributed by atoms with E-state index in [1.165, 1.54) is 0 Å². The van der Waals surface area contributed by atoms with E-state index in [4.69, 9.17) is 20.9 Å². The summed E-state index contributed by atoms with van der Waals surface area (Å²) in [7, 11) is 1.62. The SMILES string of the molecule is COc1cccc(Cl)c1CNCc1nc(C)no1. The van der Waals surface area contributed by atoms with Crippen LogP contribution in [-0.2, 0) is 13.1 Å². The molecule has 0 amide bonds. The zero-order valence-corrected chi connectivity index (χ0v) is 11.0. The third-order valence-electron chi connectivity index (χ3n) is 2.44. The maximum atomic E-state index is 6.12. The molecule has 5 nitrogen and oxygen atoms in total. The van der Waals surface area contributed by atoms with Gasteiger partial charge in [0.25, 0.3) is 0 Å². The monoisotopic (exact) mass is 267 g/mol. The van der Waals surface area contributed by atoms with E-state index < -0.39 is 0 Å². The van der Waals surface area contributed by atoms with Gasteiger partial charge >= 0.3 is 0 Å². The molecule has 0 bridgehead atoms. The highest BCUT2D eigenvalue weighted by Crippen LogP contribution is 2.25. The van der Waals surface area contributed by atoms with E-state index in [1.54, 1.807) is 14.0 Å². The molecular formula is C12H14ClN3O2. The number of nitrogens with one attached hydrogen (secondary N) is 1. The van der Waals surface area contributed by atoms with Gasteiger partial charge in [-0.3, -0.25) is 0 Å². The van der Waals surface area contributed by atoms with Crippen LogP contribution >= 0.6 is 11.6 Å². The van der Waals surface area contributed by atoms with Crippen LogP contribution in [0.3, 0.4) is 0 Å². The predicted molar refractivity (Wildman–Crippen MR) is 67.6 cm³/mol. The number of hydrogen-bond acceptors (Lipinski definition) is 5. The Kier molecular flexibility index (Phi) is 4.17. The Labute approximate surface area is 110 Å². The maximum Gasteiger partial charge on any atom is 0.240 e. The van der Waals surface area contributed by atoms with Crippen molar-refractivity contribution in [1.82, 2.24) is 15.5 Å². The number of nitrogens with zero attached hydrogens (tertiary/aromatic N) is 2. The minimum atomic E-state index is 0.495. The van der Waals surface area contributed by atoms with Crippen LogP contribution < -0.4 is 10.1 Å². The van der Waals surface area contributed by atoms with Gasteiger partial charge in [0, 0.05) is 17.1 Å². The molecular weight excluding hydrogens is 254 g/mol. The minimum absolute atomic E-state index is 0.495. The molecule has 2 rings (SSSR count). The first-order valence-corrected chi connectivity index (χ1v) is 5.90. The van der Waals surface area contributed by atoms with E-state index >= 15 is 0 Å². The summed E-state index contributed by atoms with van der Waals surface area (Å²) in [6, 6.07) is 5.56. The fourth-order valence-corrected chi connectivity index (χ4v) is 1.84. The fraction of sp³-hybridized carbons (Fsp3) is 0.333. The Hall–Kier alpha value is -1.59. The number of benzene rings is 1. The zero-order valence-electron chi connectivity index (χ0n) is 10.2. The lowest BCUT2D eigenvalue weighted by atomic mass is 10.2. The van der Waals surface area contributed by atoms with Crippen molar-refractivity contribution in [2.75, 3.05) is 7.11 Å². The van der Waals surface area contributed by atoms with Crippen LogP contribution in [-0.4, -0.2) is 17.3 Å². The van der Waals surface area contributed by atoms with E-state index in [0.29, 0.717) is 29.8 Å². The minimum Gasteiger partial charge on any atom is -0.496 e. The van der Waals surface area contributed by atoms with Crippen LogP contribution in [0.25, 0.3) is 0 Å². The number of aromatic nitrogens is 2. The summed E-state index contributed by atoms with van der Waals surface area (Å²) in [5.41, 5.74) is 0.915. The second-order valence-electron chi connectivity index (χ2n) is 3.76. The number of halogens is 1. The number of methoxy groups -OCH3 is 1. The fourth-order valence-electron chi connectivity index (χ4n) is 1.61. The zero-order chi connectivity index (χ0) is 13.0. The molecule has 0 radical (unpaired) electrons. The van der Waals surface area contributed by atoms with Gasteiger partial charge in [-0.25, -0.2) is 0 Å². The molecule has 6 heteroatoms. The van der Waals surface area contributed by atoms with E-state index in [2.05, 4.69) is 15.5 Å². The van der Waals surface area contributed by atoms with Gasteiger partial charge in [-0.1, -0.05) is 22.8 Å². The quantitative estimate of drug-likeness (QED) is 0.901. The van der Waals surface area contributed by atoms with Crippen molar-refractivity contribution in [3.05, 3.63) is 40.5 Å². The smallest absolute Gasteiger partial charge is 0.240 e. The number of ether oxygens (including phenoxy) is 1. The van der Waals surface area contributed by atoms with Crippen molar-refractivity contribution < 1.29 is 9.26 Å². The lowest BCUT2D eigenvalue weighted by Crippen LogP contribution is -2.14. The standard InChI is InChI=1S/C12H14ClN3O2/c1-8-15-12(18-16-8)7-14-6-9-10(13)4-3-5-11(9)17-2/h3-5,14H,6-7H2,1-2H3. The summed E-state index contributed by atoms with van der Waals surface area (Å²) in [5, 5.41) is 7.57. The summed E-state index contributed by atoms with van der Waals surface area (Å²) in [6.45, 7) is 2.85. The summed E-state index contributed by atoms with van der Waals surface area (Å²) in [5.74, 6) is 1.94. The van der Waals surface area contributed by atoms with Gasteiger partial charge in [-0.15, -0.1) is 0 Å². The predicted octanol–water partition coefficient (Wildman–Crippen LogP) is 2.33. The summed E-state index contributed by atoms with van der Waals surface area (Å²) >= 11 is 6.12. The van der Waals surface area contributed by atoms with Gasteiger partial charge in [0.15, 0.2) is 5.82 Å². The van der Waals surface area contributed by atoms with Crippen LogP contribution in [0.5, 0.6) is 5.75 Å². The lowest BCUT2D eigenvalue weighted by molar-refractivity contribution is 0.362. The van der Waals surface area contributed by atoms with Gasteiger partial charge in [0.1, 0.15) is 5.75 Å². The molecule has 0 saturated heterocycles. The molecule has 1 heterocycles. The number of aryl methyl sites for hydroxylation is 1. The molecule has 0 aliphatic rings. The molecule has 0 atom stereocenters. The van der Waals surface area contributed by atoms with E-state index in [0.717, 1.165) is 11.3 Å². The first-order valence-electron chi connectivity index (χ1n) is 5.52. The highest BCUT2D eigenvalue weighted by Gasteiger charge is 2.08. The van der Waals surface area contributed by atoms with Crippen LogP contribution in [0.15, 0.2) is 22.7 Å². The Morgan fingerprint density at radius 3 is 2.89 bits per heavy atom. The van der Waals surface area contributed by atoms with E-state index in [-0.39, 0.29) is 0 Å². The van der Waals surface area contributed by atoms with E-state index in [1.807, 2.05) is 18.2 Å². The third-order valence-corrected chi connectivity index (χ3v) is 2.80. The van der Waals surface area contributed by atoms with Crippen molar-refractivity contribution >= 4 is 11.6 Å². The van der Waals surface area contributed by atoms with Crippen LogP contribution in [0.1, 0.15) is 17.3 Å². The highest BCUT2D eigenvalue weighted by atomic mass is 35.5. The molecule has 1 aromatic carbocycles. The second kappa shape index (κ2) is 5.84. The summed E-state index contributed by atoms with van der Waals surface area (Å²) < 4.78 is 10.3. The van der Waals surface area contributed by atoms with Crippen LogP contribution in [0.2, 0.25) is 5.02 Å². The van der Waals surface area contributed by atoms with Gasteiger partial charge in [-0.05, 0) is 19.1 Å². The first-order chi connectivity index (χ1) is 8.70. The van der Waals surface area contributed by atoms with Crippen molar-refractivity contribution in [3.63, 3.8) is 0 Å². The molecule has 0 fully saturated rings. The molecule has 0 saturated carbocycles. The Morgan fingerprint density at radius 1 is 1.39 bits per heavy atom. The van der Waals surface area contributed by atoms with Crippen molar-refractivity contribution in [1.29, 1.82) is 0 Å².